The Morgan fingerprint density at radius 2 is 1.86 bits per heavy atom. The first-order valence-electron chi connectivity index (χ1n) is 8.96. The van der Waals surface area contributed by atoms with Gasteiger partial charge in [0.15, 0.2) is 0 Å². The maximum Gasteiger partial charge on any atom is 0.240 e. The minimum atomic E-state index is 0.496. The summed E-state index contributed by atoms with van der Waals surface area (Å²) < 4.78 is 8.66. The van der Waals surface area contributed by atoms with Gasteiger partial charge in [-0.3, -0.25) is 4.40 Å². The molecule has 0 N–H and O–H groups in total. The van der Waals surface area contributed by atoms with Crippen molar-refractivity contribution in [2.75, 3.05) is 7.11 Å². The Bertz CT molecular complexity index is 1410. The van der Waals surface area contributed by atoms with Crippen LogP contribution < -0.4 is 4.74 Å². The Morgan fingerprint density at radius 1 is 1.07 bits per heavy atom. The number of nitrogens with zero attached hydrogens (tertiary/aromatic N) is 5. The SMILES string of the molecule is COc1nc(-c2ccc(C#N)cc2)c(-c2ccc3sc(C)nc3c2)n2cncc12. The standard InChI is InChI=1S/C22H15N5OS/c1-13-25-17-9-16(7-8-19(17)29-13)21-20(15-5-3-14(10-23)4-6-15)26-22(28-2)18-11-24-12-27(18)21/h3-9,11-12H,1-2H3. The van der Waals surface area contributed by atoms with E-state index in [1.807, 2.05) is 23.5 Å². The van der Waals surface area contributed by atoms with Gasteiger partial charge >= 0.3 is 0 Å². The number of ether oxygens (including phenoxy) is 1. The summed E-state index contributed by atoms with van der Waals surface area (Å²) in [7, 11) is 1.60. The molecule has 0 bridgehead atoms. The second-order valence-electron chi connectivity index (χ2n) is 6.57. The summed E-state index contributed by atoms with van der Waals surface area (Å²) in [6.45, 7) is 2.01. The number of rotatable bonds is 3. The maximum atomic E-state index is 9.13. The van der Waals surface area contributed by atoms with Crippen LogP contribution in [0.15, 0.2) is 55.0 Å². The third-order valence-corrected chi connectivity index (χ3v) is 5.74. The van der Waals surface area contributed by atoms with Crippen molar-refractivity contribution in [2.45, 2.75) is 6.92 Å². The number of methoxy groups -OCH3 is 1. The molecule has 5 rings (SSSR count). The summed E-state index contributed by atoms with van der Waals surface area (Å²) in [5.74, 6) is 0.496. The molecule has 6 nitrogen and oxygen atoms in total. The average molecular weight is 397 g/mol. The number of aryl methyl sites for hydroxylation is 1. The molecule has 3 heterocycles. The lowest BCUT2D eigenvalue weighted by Crippen LogP contribution is -2.01. The quantitative estimate of drug-likeness (QED) is 0.434. The second kappa shape index (κ2) is 6.69. The Balaban J connectivity index is 1.83. The third kappa shape index (κ3) is 2.82. The van der Waals surface area contributed by atoms with Crippen LogP contribution in [-0.4, -0.2) is 26.5 Å². The molecule has 0 radical (unpaired) electrons. The molecule has 0 aliphatic heterocycles. The van der Waals surface area contributed by atoms with Gasteiger partial charge in [0, 0.05) is 11.1 Å². The molecule has 0 atom stereocenters. The van der Waals surface area contributed by atoms with Crippen LogP contribution in [-0.2, 0) is 0 Å². The number of thiazole rings is 1. The smallest absolute Gasteiger partial charge is 0.240 e. The van der Waals surface area contributed by atoms with Gasteiger partial charge in [-0.1, -0.05) is 18.2 Å². The van der Waals surface area contributed by atoms with Crippen molar-refractivity contribution in [1.82, 2.24) is 19.4 Å². The number of nitriles is 1. The summed E-state index contributed by atoms with van der Waals surface area (Å²) in [6, 6.07) is 15.8. The van der Waals surface area contributed by atoms with E-state index in [-0.39, 0.29) is 0 Å². The summed E-state index contributed by atoms with van der Waals surface area (Å²) in [5.41, 5.74) is 5.88. The zero-order chi connectivity index (χ0) is 20.0. The van der Waals surface area contributed by atoms with Gasteiger partial charge in [-0.15, -0.1) is 11.3 Å². The van der Waals surface area contributed by atoms with E-state index in [0.29, 0.717) is 11.4 Å². The van der Waals surface area contributed by atoms with Crippen LogP contribution in [0.25, 0.3) is 38.2 Å². The third-order valence-electron chi connectivity index (χ3n) is 4.78. The van der Waals surface area contributed by atoms with Crippen LogP contribution in [0.5, 0.6) is 5.88 Å². The molecule has 0 fully saturated rings. The molecular formula is C22H15N5OS. The predicted octanol–water partition coefficient (Wildman–Crippen LogP) is 4.86. The fourth-order valence-corrected chi connectivity index (χ4v) is 4.28. The first-order valence-corrected chi connectivity index (χ1v) is 9.78. The molecule has 0 spiro atoms. The Labute approximate surface area is 170 Å². The lowest BCUT2D eigenvalue weighted by Gasteiger charge is -2.14. The normalized spacial score (nSPS) is 11.1. The molecular weight excluding hydrogens is 382 g/mol. The topological polar surface area (TPSA) is 76.1 Å². The van der Waals surface area contributed by atoms with Crippen LogP contribution in [0.2, 0.25) is 0 Å². The predicted molar refractivity (Wildman–Crippen MR) is 113 cm³/mol. The van der Waals surface area contributed by atoms with Crippen LogP contribution >= 0.6 is 11.3 Å². The number of hydrogen-bond acceptors (Lipinski definition) is 6. The van der Waals surface area contributed by atoms with Gasteiger partial charge in [0.2, 0.25) is 5.88 Å². The van der Waals surface area contributed by atoms with Crippen LogP contribution in [0.1, 0.15) is 10.6 Å². The molecule has 3 aromatic heterocycles. The van der Waals surface area contributed by atoms with Crippen molar-refractivity contribution >= 4 is 27.1 Å². The van der Waals surface area contributed by atoms with E-state index in [9.17, 15) is 0 Å². The lowest BCUT2D eigenvalue weighted by atomic mass is 10.0. The number of fused-ring (bicyclic) bond motifs is 2. The van der Waals surface area contributed by atoms with Gasteiger partial charge in [0.1, 0.15) is 5.52 Å². The summed E-state index contributed by atoms with van der Waals surface area (Å²) in [6.07, 6.45) is 3.50. The number of hydrogen-bond donors (Lipinski definition) is 0. The van der Waals surface area contributed by atoms with Crippen molar-refractivity contribution in [1.29, 1.82) is 5.26 Å². The Kier molecular flexibility index (Phi) is 4.00. The summed E-state index contributed by atoms with van der Waals surface area (Å²) in [5, 5.41) is 10.2. The number of benzene rings is 2. The van der Waals surface area contributed by atoms with Crippen molar-refractivity contribution < 1.29 is 4.74 Å². The molecule has 7 heteroatoms. The first kappa shape index (κ1) is 17.3. The molecule has 0 aliphatic carbocycles. The van der Waals surface area contributed by atoms with Crippen LogP contribution in [0.4, 0.5) is 0 Å². The monoisotopic (exact) mass is 397 g/mol. The van der Waals surface area contributed by atoms with E-state index in [2.05, 4.69) is 34.2 Å². The zero-order valence-corrected chi connectivity index (χ0v) is 16.6. The van der Waals surface area contributed by atoms with Crippen molar-refractivity contribution in [3.05, 3.63) is 65.6 Å². The largest absolute Gasteiger partial charge is 0.479 e. The first-order chi connectivity index (χ1) is 14.2. The van der Waals surface area contributed by atoms with Crippen molar-refractivity contribution in [3.63, 3.8) is 0 Å². The Morgan fingerprint density at radius 3 is 2.62 bits per heavy atom. The molecule has 29 heavy (non-hydrogen) atoms. The Hall–Kier alpha value is -3.76. The molecule has 0 saturated heterocycles. The van der Waals surface area contributed by atoms with E-state index in [0.717, 1.165) is 43.3 Å². The minimum absolute atomic E-state index is 0.496. The van der Waals surface area contributed by atoms with Crippen molar-refractivity contribution in [2.24, 2.45) is 0 Å². The van der Waals surface area contributed by atoms with E-state index in [4.69, 9.17) is 15.0 Å². The van der Waals surface area contributed by atoms with Gasteiger partial charge in [-0.2, -0.15) is 5.26 Å². The molecule has 0 unspecified atom stereocenters. The minimum Gasteiger partial charge on any atom is -0.479 e. The zero-order valence-electron chi connectivity index (χ0n) is 15.7. The van der Waals surface area contributed by atoms with Gasteiger partial charge in [-0.25, -0.2) is 15.0 Å². The summed E-state index contributed by atoms with van der Waals surface area (Å²) >= 11 is 1.68. The molecule has 0 aliphatic rings. The highest BCUT2D eigenvalue weighted by Crippen LogP contribution is 2.36. The van der Waals surface area contributed by atoms with Crippen LogP contribution in [0, 0.1) is 18.3 Å². The van der Waals surface area contributed by atoms with Crippen LogP contribution in [0.3, 0.4) is 0 Å². The number of aromatic nitrogens is 4. The molecule has 2 aromatic carbocycles. The molecule has 140 valence electrons. The fourth-order valence-electron chi connectivity index (χ4n) is 3.48. The highest BCUT2D eigenvalue weighted by Gasteiger charge is 2.19. The highest BCUT2D eigenvalue weighted by molar-refractivity contribution is 7.18. The molecule has 5 aromatic rings. The van der Waals surface area contributed by atoms with E-state index >= 15 is 0 Å². The van der Waals surface area contributed by atoms with Gasteiger partial charge in [0.25, 0.3) is 0 Å². The fraction of sp³-hybridized carbons (Fsp3) is 0.0909. The molecule has 0 saturated carbocycles. The van der Waals surface area contributed by atoms with E-state index < -0.39 is 0 Å². The summed E-state index contributed by atoms with van der Waals surface area (Å²) in [4.78, 5) is 13.7. The average Bonchev–Trinajstić information content (AvgIpc) is 3.38. The van der Waals surface area contributed by atoms with E-state index in [1.54, 1.807) is 43.1 Å². The van der Waals surface area contributed by atoms with Gasteiger partial charge in [-0.05, 0) is 31.2 Å². The van der Waals surface area contributed by atoms with Crippen molar-refractivity contribution in [3.8, 4) is 34.5 Å². The van der Waals surface area contributed by atoms with Gasteiger partial charge in [0.05, 0.1) is 57.9 Å². The van der Waals surface area contributed by atoms with E-state index in [1.165, 1.54) is 0 Å². The second-order valence-corrected chi connectivity index (χ2v) is 7.81. The van der Waals surface area contributed by atoms with Gasteiger partial charge < -0.3 is 4.74 Å². The molecule has 0 amide bonds. The number of imidazole rings is 1. The lowest BCUT2D eigenvalue weighted by molar-refractivity contribution is 0.402. The maximum absolute atomic E-state index is 9.13. The highest BCUT2D eigenvalue weighted by atomic mass is 32.1.